The summed E-state index contributed by atoms with van der Waals surface area (Å²) in [5, 5.41) is 0. The van der Waals surface area contributed by atoms with E-state index in [-0.39, 0.29) is 15.9 Å². The number of aromatic nitrogens is 2. The lowest BCUT2D eigenvalue weighted by Crippen LogP contribution is -2.12. The highest BCUT2D eigenvalue weighted by Crippen LogP contribution is 2.35. The largest absolute Gasteiger partial charge is 0.417 e. The molecule has 2 aromatic rings. The summed E-state index contributed by atoms with van der Waals surface area (Å²) in [4.78, 5) is 17.4. The third kappa shape index (κ3) is 2.45. The van der Waals surface area contributed by atoms with E-state index in [2.05, 4.69) is 25.9 Å². The number of rotatable bonds is 1. The molecule has 0 fully saturated rings. The van der Waals surface area contributed by atoms with Crippen molar-refractivity contribution in [2.75, 3.05) is 0 Å². The van der Waals surface area contributed by atoms with Crippen LogP contribution in [0, 0.1) is 0 Å². The van der Waals surface area contributed by atoms with Crippen LogP contribution in [0.3, 0.4) is 0 Å². The van der Waals surface area contributed by atoms with Gasteiger partial charge in [-0.05, 0) is 22.0 Å². The second kappa shape index (κ2) is 4.56. The number of nitrogens with zero attached hydrogens (tertiary/aromatic N) is 1. The second-order valence-corrected chi connectivity index (χ2v) is 4.31. The maximum Gasteiger partial charge on any atom is 0.417 e. The fourth-order valence-corrected chi connectivity index (χ4v) is 1.65. The van der Waals surface area contributed by atoms with E-state index in [0.717, 1.165) is 6.07 Å². The van der Waals surface area contributed by atoms with Crippen molar-refractivity contribution in [3.05, 3.63) is 50.9 Å². The van der Waals surface area contributed by atoms with Crippen molar-refractivity contribution < 1.29 is 13.2 Å². The lowest BCUT2D eigenvalue weighted by atomic mass is 10.1. The number of nitrogens with one attached hydrogen (secondary N) is 1. The van der Waals surface area contributed by atoms with E-state index in [1.54, 1.807) is 0 Å². The van der Waals surface area contributed by atoms with E-state index in [0.29, 0.717) is 0 Å². The Hall–Kier alpha value is -1.63. The van der Waals surface area contributed by atoms with Gasteiger partial charge in [-0.1, -0.05) is 18.2 Å². The van der Waals surface area contributed by atoms with Crippen LogP contribution in [0.15, 0.2) is 39.7 Å². The molecule has 7 heteroatoms. The van der Waals surface area contributed by atoms with Crippen LogP contribution in [0.25, 0.3) is 11.4 Å². The molecule has 0 amide bonds. The predicted octanol–water partition coefficient (Wildman–Crippen LogP) is 3.22. The van der Waals surface area contributed by atoms with Gasteiger partial charge in [-0.15, -0.1) is 0 Å². The SMILES string of the molecule is O=c1[nH]c(-c2ccccc2C(F)(F)F)ncc1Br. The maximum absolute atomic E-state index is 12.8. The quantitative estimate of drug-likeness (QED) is 0.877. The van der Waals surface area contributed by atoms with Crippen LogP contribution in [0.1, 0.15) is 5.56 Å². The number of alkyl halides is 3. The monoisotopic (exact) mass is 318 g/mol. The molecule has 2 rings (SSSR count). The van der Waals surface area contributed by atoms with Crippen molar-refractivity contribution in [3.63, 3.8) is 0 Å². The van der Waals surface area contributed by atoms with Crippen molar-refractivity contribution in [3.8, 4) is 11.4 Å². The molecule has 0 unspecified atom stereocenters. The third-order valence-electron chi connectivity index (χ3n) is 2.24. The first-order valence-electron chi connectivity index (χ1n) is 4.81. The van der Waals surface area contributed by atoms with E-state index in [4.69, 9.17) is 0 Å². The van der Waals surface area contributed by atoms with Gasteiger partial charge in [0, 0.05) is 11.8 Å². The first-order valence-corrected chi connectivity index (χ1v) is 5.60. The first-order chi connectivity index (χ1) is 8.39. The molecule has 0 aliphatic rings. The first kappa shape index (κ1) is 12.8. The Labute approximate surface area is 108 Å². The van der Waals surface area contributed by atoms with Crippen LogP contribution in [-0.2, 0) is 6.18 Å². The lowest BCUT2D eigenvalue weighted by Gasteiger charge is -2.11. The van der Waals surface area contributed by atoms with E-state index >= 15 is 0 Å². The Balaban J connectivity index is 2.64. The molecule has 1 N–H and O–H groups in total. The zero-order valence-corrected chi connectivity index (χ0v) is 10.3. The molecular formula is C11H6BrF3N2O. The van der Waals surface area contributed by atoms with E-state index in [9.17, 15) is 18.0 Å². The normalized spacial score (nSPS) is 11.6. The molecule has 1 heterocycles. The molecule has 0 atom stereocenters. The molecule has 0 saturated carbocycles. The van der Waals surface area contributed by atoms with Gasteiger partial charge in [-0.3, -0.25) is 4.79 Å². The minimum atomic E-state index is -4.50. The number of aromatic amines is 1. The van der Waals surface area contributed by atoms with Crippen molar-refractivity contribution in [2.24, 2.45) is 0 Å². The molecule has 0 saturated heterocycles. The topological polar surface area (TPSA) is 45.8 Å². The highest BCUT2D eigenvalue weighted by molar-refractivity contribution is 9.10. The predicted molar refractivity (Wildman–Crippen MR) is 63.0 cm³/mol. The number of hydrogen-bond acceptors (Lipinski definition) is 2. The highest BCUT2D eigenvalue weighted by Gasteiger charge is 2.33. The Morgan fingerprint density at radius 2 is 1.89 bits per heavy atom. The van der Waals surface area contributed by atoms with Crippen LogP contribution in [-0.4, -0.2) is 9.97 Å². The van der Waals surface area contributed by atoms with Crippen LogP contribution < -0.4 is 5.56 Å². The summed E-state index contributed by atoms with van der Waals surface area (Å²) < 4.78 is 38.5. The maximum atomic E-state index is 12.8. The smallest absolute Gasteiger partial charge is 0.306 e. The summed E-state index contributed by atoms with van der Waals surface area (Å²) in [6.07, 6.45) is -3.33. The molecular weight excluding hydrogens is 313 g/mol. The summed E-state index contributed by atoms with van der Waals surface area (Å²) in [5.41, 5.74) is -1.53. The van der Waals surface area contributed by atoms with Crippen LogP contribution in [0.5, 0.6) is 0 Å². The summed E-state index contributed by atoms with van der Waals surface area (Å²) in [6, 6.07) is 4.93. The zero-order chi connectivity index (χ0) is 13.3. The molecule has 94 valence electrons. The third-order valence-corrected chi connectivity index (χ3v) is 2.81. The molecule has 1 aromatic heterocycles. The van der Waals surface area contributed by atoms with E-state index < -0.39 is 17.3 Å². The fourth-order valence-electron chi connectivity index (χ4n) is 1.45. The van der Waals surface area contributed by atoms with Gasteiger partial charge in [0.15, 0.2) is 0 Å². The van der Waals surface area contributed by atoms with E-state index in [1.807, 2.05) is 0 Å². The van der Waals surface area contributed by atoms with Crippen LogP contribution >= 0.6 is 15.9 Å². The molecule has 0 spiro atoms. The molecule has 0 radical (unpaired) electrons. The van der Waals surface area contributed by atoms with Crippen molar-refractivity contribution >= 4 is 15.9 Å². The molecule has 0 bridgehead atoms. The Kier molecular flexibility index (Phi) is 3.25. The lowest BCUT2D eigenvalue weighted by molar-refractivity contribution is -0.137. The van der Waals surface area contributed by atoms with Gasteiger partial charge in [-0.2, -0.15) is 13.2 Å². The van der Waals surface area contributed by atoms with Gasteiger partial charge in [0.2, 0.25) is 0 Å². The average molecular weight is 319 g/mol. The summed E-state index contributed by atoms with van der Waals surface area (Å²) in [6.45, 7) is 0. The minimum Gasteiger partial charge on any atom is -0.306 e. The van der Waals surface area contributed by atoms with Gasteiger partial charge in [0.1, 0.15) is 10.3 Å². The van der Waals surface area contributed by atoms with Gasteiger partial charge in [0.25, 0.3) is 5.56 Å². The van der Waals surface area contributed by atoms with Crippen molar-refractivity contribution in [2.45, 2.75) is 6.18 Å². The van der Waals surface area contributed by atoms with Gasteiger partial charge >= 0.3 is 6.18 Å². The van der Waals surface area contributed by atoms with Gasteiger partial charge in [-0.25, -0.2) is 4.98 Å². The fraction of sp³-hybridized carbons (Fsp3) is 0.0909. The average Bonchev–Trinajstić information content (AvgIpc) is 2.32. The summed E-state index contributed by atoms with van der Waals surface area (Å²) in [5.74, 6) is -0.115. The number of H-pyrrole nitrogens is 1. The van der Waals surface area contributed by atoms with E-state index in [1.165, 1.54) is 24.4 Å². The number of halogens is 4. The minimum absolute atomic E-state index is 0.115. The highest BCUT2D eigenvalue weighted by atomic mass is 79.9. The Morgan fingerprint density at radius 1 is 1.22 bits per heavy atom. The van der Waals surface area contributed by atoms with Crippen molar-refractivity contribution in [1.29, 1.82) is 0 Å². The van der Waals surface area contributed by atoms with Crippen LogP contribution in [0.4, 0.5) is 13.2 Å². The molecule has 1 aromatic carbocycles. The Bertz CT molecular complexity index is 637. The van der Waals surface area contributed by atoms with Crippen molar-refractivity contribution in [1.82, 2.24) is 9.97 Å². The standard InChI is InChI=1S/C11H6BrF3N2O/c12-8-5-16-9(17-10(8)18)6-3-1-2-4-7(6)11(13,14)15/h1-5H,(H,16,17,18). The van der Waals surface area contributed by atoms with Gasteiger partial charge in [0.05, 0.1) is 5.56 Å². The van der Waals surface area contributed by atoms with Gasteiger partial charge < -0.3 is 4.98 Å². The number of hydrogen-bond donors (Lipinski definition) is 1. The van der Waals surface area contributed by atoms with Crippen LogP contribution in [0.2, 0.25) is 0 Å². The second-order valence-electron chi connectivity index (χ2n) is 3.45. The summed E-state index contributed by atoms with van der Waals surface area (Å²) >= 11 is 2.93. The molecule has 3 nitrogen and oxygen atoms in total. The molecule has 0 aliphatic carbocycles. The Morgan fingerprint density at radius 3 is 2.50 bits per heavy atom. The molecule has 18 heavy (non-hydrogen) atoms. The zero-order valence-electron chi connectivity index (χ0n) is 8.75. The number of benzene rings is 1. The summed E-state index contributed by atoms with van der Waals surface area (Å²) in [7, 11) is 0. The molecule has 0 aliphatic heterocycles.